The SMILES string of the molecule is Cn1cc(CN2CCC3(CC2)CC(OCC2CCC2)CO3)cn1.O=C(O)C(F)(F)F. The Balaban J connectivity index is 0.000000318. The minimum absolute atomic E-state index is 0.0930. The third kappa shape index (κ3) is 6.42. The van der Waals surface area contributed by atoms with Gasteiger partial charge in [0, 0.05) is 51.5 Å². The van der Waals surface area contributed by atoms with Crippen LogP contribution in [0.15, 0.2) is 12.4 Å². The molecule has 2 saturated heterocycles. The molecule has 0 aromatic carbocycles. The van der Waals surface area contributed by atoms with Crippen molar-refractivity contribution >= 4 is 5.97 Å². The highest BCUT2D eigenvalue weighted by Crippen LogP contribution is 2.38. The predicted octanol–water partition coefficient (Wildman–Crippen LogP) is 2.99. The van der Waals surface area contributed by atoms with Crippen LogP contribution in [0.2, 0.25) is 0 Å². The lowest BCUT2D eigenvalue weighted by Gasteiger charge is -2.38. The highest BCUT2D eigenvalue weighted by molar-refractivity contribution is 5.73. The maximum Gasteiger partial charge on any atom is 0.490 e. The Kier molecular flexibility index (Phi) is 7.41. The molecule has 0 radical (unpaired) electrons. The van der Waals surface area contributed by atoms with Crippen LogP contribution in [-0.2, 0) is 27.9 Å². The first-order chi connectivity index (χ1) is 14.2. The molecule has 2 aliphatic heterocycles. The third-order valence-electron chi connectivity index (χ3n) is 6.14. The van der Waals surface area contributed by atoms with Crippen LogP contribution in [0.3, 0.4) is 0 Å². The van der Waals surface area contributed by atoms with Gasteiger partial charge in [0.05, 0.1) is 24.5 Å². The Morgan fingerprint density at radius 1 is 1.37 bits per heavy atom. The summed E-state index contributed by atoms with van der Waals surface area (Å²) in [4.78, 5) is 11.4. The Morgan fingerprint density at radius 3 is 2.53 bits per heavy atom. The quantitative estimate of drug-likeness (QED) is 0.770. The number of aryl methyl sites for hydroxylation is 1. The Hall–Kier alpha value is -1.65. The Bertz CT molecular complexity index is 698. The largest absolute Gasteiger partial charge is 0.490 e. The Morgan fingerprint density at radius 2 is 2.03 bits per heavy atom. The van der Waals surface area contributed by atoms with Crippen LogP contribution in [0.5, 0.6) is 0 Å². The van der Waals surface area contributed by atoms with E-state index in [1.54, 1.807) is 0 Å². The first-order valence-electron chi connectivity index (χ1n) is 10.4. The van der Waals surface area contributed by atoms with Crippen molar-refractivity contribution in [3.63, 3.8) is 0 Å². The molecule has 10 heteroatoms. The molecule has 7 nitrogen and oxygen atoms in total. The van der Waals surface area contributed by atoms with Crippen LogP contribution < -0.4 is 0 Å². The van der Waals surface area contributed by atoms with E-state index in [-0.39, 0.29) is 5.60 Å². The van der Waals surface area contributed by atoms with Gasteiger partial charge >= 0.3 is 12.1 Å². The van der Waals surface area contributed by atoms with E-state index in [4.69, 9.17) is 19.4 Å². The van der Waals surface area contributed by atoms with E-state index in [0.29, 0.717) is 6.10 Å². The van der Waals surface area contributed by atoms with E-state index in [1.807, 2.05) is 17.9 Å². The number of hydrogen-bond acceptors (Lipinski definition) is 5. The van der Waals surface area contributed by atoms with Crippen LogP contribution >= 0.6 is 0 Å². The molecule has 1 aromatic heterocycles. The van der Waals surface area contributed by atoms with Crippen LogP contribution in [0.1, 0.15) is 44.1 Å². The average molecular weight is 433 g/mol. The van der Waals surface area contributed by atoms with Crippen molar-refractivity contribution in [1.82, 2.24) is 14.7 Å². The number of aliphatic carboxylic acids is 1. The molecule has 1 saturated carbocycles. The number of halogens is 3. The number of ether oxygens (including phenoxy) is 2. The lowest BCUT2D eigenvalue weighted by atomic mass is 9.86. The highest BCUT2D eigenvalue weighted by atomic mass is 19.4. The Labute approximate surface area is 174 Å². The van der Waals surface area contributed by atoms with Crippen LogP contribution in [0, 0.1) is 5.92 Å². The van der Waals surface area contributed by atoms with Crippen LogP contribution in [-0.4, -0.2) is 69.9 Å². The molecule has 1 spiro atoms. The molecule has 1 unspecified atom stereocenters. The van der Waals surface area contributed by atoms with Gasteiger partial charge in [0.1, 0.15) is 0 Å². The molecule has 1 aromatic rings. The zero-order valence-corrected chi connectivity index (χ0v) is 17.2. The molecule has 1 N–H and O–H groups in total. The van der Waals surface area contributed by atoms with E-state index < -0.39 is 12.1 Å². The summed E-state index contributed by atoms with van der Waals surface area (Å²) < 4.78 is 45.9. The fraction of sp³-hybridized carbons (Fsp3) is 0.800. The number of alkyl halides is 3. The number of piperidine rings is 1. The number of aromatic nitrogens is 2. The minimum atomic E-state index is -5.08. The molecular weight excluding hydrogens is 403 g/mol. The molecule has 170 valence electrons. The normalized spacial score (nSPS) is 24.3. The zero-order valence-electron chi connectivity index (χ0n) is 17.2. The third-order valence-corrected chi connectivity index (χ3v) is 6.14. The fourth-order valence-electron chi connectivity index (χ4n) is 4.12. The predicted molar refractivity (Wildman–Crippen MR) is 102 cm³/mol. The van der Waals surface area contributed by atoms with E-state index in [2.05, 4.69) is 16.2 Å². The second-order valence-corrected chi connectivity index (χ2v) is 8.55. The molecule has 3 fully saturated rings. The molecule has 1 atom stereocenters. The number of carboxylic acid groups (broad SMARTS) is 1. The molecular formula is C20H30F3N3O4. The molecule has 4 rings (SSSR count). The molecule has 30 heavy (non-hydrogen) atoms. The second kappa shape index (κ2) is 9.65. The monoisotopic (exact) mass is 433 g/mol. The van der Waals surface area contributed by atoms with Crippen molar-refractivity contribution in [1.29, 1.82) is 0 Å². The van der Waals surface area contributed by atoms with Gasteiger partial charge in [-0.2, -0.15) is 18.3 Å². The van der Waals surface area contributed by atoms with E-state index >= 15 is 0 Å². The van der Waals surface area contributed by atoms with E-state index in [1.165, 1.54) is 24.8 Å². The number of rotatable bonds is 5. The number of hydrogen-bond donors (Lipinski definition) is 1. The first-order valence-corrected chi connectivity index (χ1v) is 10.4. The topological polar surface area (TPSA) is 76.8 Å². The smallest absolute Gasteiger partial charge is 0.475 e. The van der Waals surface area contributed by atoms with E-state index in [0.717, 1.165) is 58.0 Å². The minimum Gasteiger partial charge on any atom is -0.475 e. The molecule has 3 heterocycles. The van der Waals surface area contributed by atoms with Gasteiger partial charge in [0.15, 0.2) is 0 Å². The maximum absolute atomic E-state index is 10.6. The molecule has 0 amide bonds. The second-order valence-electron chi connectivity index (χ2n) is 8.55. The standard InChI is InChI=1S/C18H29N3O2.C2HF3O2/c1-20-11-16(10-19-20)12-21-7-5-18(6-8-21)9-17(14-23-18)22-13-15-3-2-4-15;3-2(4,5)1(6)7/h10-11,15,17H,2-9,12-14H2,1H3;(H,6,7). The lowest BCUT2D eigenvalue weighted by molar-refractivity contribution is -0.192. The number of carbonyl (C=O) groups is 1. The van der Waals surface area contributed by atoms with Crippen molar-refractivity contribution in [2.75, 3.05) is 26.3 Å². The number of carboxylic acids is 1. The summed E-state index contributed by atoms with van der Waals surface area (Å²) in [6, 6.07) is 0. The summed E-state index contributed by atoms with van der Waals surface area (Å²) in [6.45, 7) is 4.99. The van der Waals surface area contributed by atoms with Crippen LogP contribution in [0.25, 0.3) is 0 Å². The van der Waals surface area contributed by atoms with Crippen molar-refractivity contribution in [2.45, 2.75) is 63.0 Å². The van der Waals surface area contributed by atoms with Gasteiger partial charge < -0.3 is 14.6 Å². The number of likely N-dealkylation sites (tertiary alicyclic amines) is 1. The molecule has 0 bridgehead atoms. The maximum atomic E-state index is 10.6. The van der Waals surface area contributed by atoms with Crippen LogP contribution in [0.4, 0.5) is 13.2 Å². The average Bonchev–Trinajstić information content (AvgIpc) is 3.22. The first kappa shape index (κ1) is 23.0. The highest BCUT2D eigenvalue weighted by Gasteiger charge is 2.43. The summed E-state index contributed by atoms with van der Waals surface area (Å²) in [6.07, 6.45) is 6.82. The van der Waals surface area contributed by atoms with Gasteiger partial charge in [-0.05, 0) is 31.6 Å². The number of nitrogens with zero attached hydrogens (tertiary/aromatic N) is 3. The van der Waals surface area contributed by atoms with Gasteiger partial charge in [-0.1, -0.05) is 6.42 Å². The summed E-state index contributed by atoms with van der Waals surface area (Å²) in [5.41, 5.74) is 1.40. The molecule has 1 aliphatic carbocycles. The van der Waals surface area contributed by atoms with Gasteiger partial charge in [-0.15, -0.1) is 0 Å². The van der Waals surface area contributed by atoms with Gasteiger partial charge in [-0.3, -0.25) is 9.58 Å². The fourth-order valence-corrected chi connectivity index (χ4v) is 4.12. The van der Waals surface area contributed by atoms with Gasteiger partial charge in [-0.25, -0.2) is 4.79 Å². The van der Waals surface area contributed by atoms with E-state index in [9.17, 15) is 13.2 Å². The van der Waals surface area contributed by atoms with Crippen molar-refractivity contribution in [3.05, 3.63) is 18.0 Å². The summed E-state index contributed by atoms with van der Waals surface area (Å²) in [5, 5.41) is 11.4. The van der Waals surface area contributed by atoms with Crippen molar-refractivity contribution in [2.24, 2.45) is 13.0 Å². The zero-order chi connectivity index (χ0) is 21.8. The van der Waals surface area contributed by atoms with Gasteiger partial charge in [0.2, 0.25) is 0 Å². The summed E-state index contributed by atoms with van der Waals surface area (Å²) in [7, 11) is 1.98. The molecule has 3 aliphatic rings. The summed E-state index contributed by atoms with van der Waals surface area (Å²) in [5.74, 6) is -1.93. The lowest BCUT2D eigenvalue weighted by Crippen LogP contribution is -2.43. The van der Waals surface area contributed by atoms with Gasteiger partial charge in [0.25, 0.3) is 0 Å². The summed E-state index contributed by atoms with van der Waals surface area (Å²) >= 11 is 0. The van der Waals surface area contributed by atoms with Crippen molar-refractivity contribution < 1.29 is 32.5 Å². The van der Waals surface area contributed by atoms with Crippen molar-refractivity contribution in [3.8, 4) is 0 Å².